The molecular weight excluding hydrogens is 635 g/mol. The number of anilines is 1. The van der Waals surface area contributed by atoms with Crippen molar-refractivity contribution >= 4 is 47.3 Å². The predicted molar refractivity (Wildman–Crippen MR) is 190 cm³/mol. The second kappa shape index (κ2) is 13.9. The van der Waals surface area contributed by atoms with Crippen LogP contribution in [-0.4, -0.2) is 62.9 Å². The summed E-state index contributed by atoms with van der Waals surface area (Å²) in [6.45, 7) is 15.7. The molecule has 7 nitrogen and oxygen atoms in total. The lowest BCUT2D eigenvalue weighted by atomic mass is 9.95. The van der Waals surface area contributed by atoms with Crippen LogP contribution in [-0.2, 0) is 4.74 Å². The molecule has 250 valence electrons. The largest absolute Gasteiger partial charge is 0.475 e. The van der Waals surface area contributed by atoms with E-state index >= 15 is 8.78 Å². The van der Waals surface area contributed by atoms with E-state index in [-0.39, 0.29) is 35.5 Å². The van der Waals surface area contributed by atoms with Gasteiger partial charge in [-0.25, -0.2) is 23.7 Å². The summed E-state index contributed by atoms with van der Waals surface area (Å²) in [6.07, 6.45) is 2.64. The van der Waals surface area contributed by atoms with Crippen molar-refractivity contribution in [3.8, 4) is 34.4 Å². The molecule has 1 atom stereocenters. The van der Waals surface area contributed by atoms with Gasteiger partial charge in [0.05, 0.1) is 11.6 Å². The first-order chi connectivity index (χ1) is 22.4. The number of nitrogens with zero attached hydrogens (tertiary/aromatic N) is 4. The number of halogens is 2. The molecule has 0 N–H and O–H groups in total. The summed E-state index contributed by atoms with van der Waals surface area (Å²) in [5.74, 6) is 3.40. The number of pyridine rings is 1. The number of fused-ring (bicyclic) bond motifs is 1. The topological polar surface area (TPSA) is 69.6 Å². The van der Waals surface area contributed by atoms with Crippen LogP contribution in [0.4, 0.5) is 14.6 Å². The fraction of sp³-hybridized carbons (Fsp3) is 0.472. The number of methoxy groups -OCH3 is 1. The molecule has 1 aliphatic rings. The van der Waals surface area contributed by atoms with Gasteiger partial charge in [-0.05, 0) is 52.9 Å². The summed E-state index contributed by atoms with van der Waals surface area (Å²) >= 11 is 1.33. The Hall–Kier alpha value is -3.46. The zero-order chi connectivity index (χ0) is 34.2. The van der Waals surface area contributed by atoms with Gasteiger partial charge in [-0.15, -0.1) is 5.54 Å². The number of hydrogen-bond acceptors (Lipinski definition) is 8. The van der Waals surface area contributed by atoms with Gasteiger partial charge in [0.2, 0.25) is 5.88 Å². The maximum absolute atomic E-state index is 17.0. The molecule has 0 saturated carbocycles. The number of ether oxygens (including phenoxy) is 3. The Bertz CT molecular complexity index is 1850. The summed E-state index contributed by atoms with van der Waals surface area (Å²) < 4.78 is 50.4. The Morgan fingerprint density at radius 2 is 1.74 bits per heavy atom. The number of aromatic nitrogens is 3. The monoisotopic (exact) mass is 678 g/mol. The second-order valence-corrected chi connectivity index (χ2v) is 19.4. The van der Waals surface area contributed by atoms with Gasteiger partial charge in [-0.2, -0.15) is 0 Å². The molecule has 0 spiro atoms. The molecule has 0 bridgehead atoms. The summed E-state index contributed by atoms with van der Waals surface area (Å²) in [5.41, 5.74) is 5.31. The van der Waals surface area contributed by atoms with Crippen molar-refractivity contribution < 1.29 is 23.0 Å². The van der Waals surface area contributed by atoms with Gasteiger partial charge in [0.1, 0.15) is 48.7 Å². The van der Waals surface area contributed by atoms with Crippen molar-refractivity contribution in [2.24, 2.45) is 0 Å². The highest BCUT2D eigenvalue weighted by molar-refractivity contribution is 7.98. The van der Waals surface area contributed by atoms with Crippen LogP contribution in [0.3, 0.4) is 0 Å². The van der Waals surface area contributed by atoms with Gasteiger partial charge < -0.3 is 19.1 Å². The van der Waals surface area contributed by atoms with Gasteiger partial charge in [0, 0.05) is 25.1 Å². The third kappa shape index (κ3) is 6.16. The van der Waals surface area contributed by atoms with Crippen LogP contribution in [0.2, 0.25) is 16.6 Å². The molecule has 1 aliphatic heterocycles. The summed E-state index contributed by atoms with van der Waals surface area (Å²) in [5, 5.41) is 1.93. The number of benzene rings is 2. The summed E-state index contributed by atoms with van der Waals surface area (Å²) in [6, 6.07) is 6.53. The molecule has 11 heteroatoms. The van der Waals surface area contributed by atoms with E-state index in [2.05, 4.69) is 64.9 Å². The van der Waals surface area contributed by atoms with E-state index in [1.165, 1.54) is 24.9 Å². The molecule has 3 heterocycles. The third-order valence-corrected chi connectivity index (χ3v) is 16.4. The molecule has 0 unspecified atom stereocenters. The van der Waals surface area contributed by atoms with Crippen molar-refractivity contribution in [1.82, 2.24) is 15.0 Å². The Kier molecular flexibility index (Phi) is 10.3. The highest BCUT2D eigenvalue weighted by atomic mass is 32.2. The fourth-order valence-electron chi connectivity index (χ4n) is 7.12. The average Bonchev–Trinajstić information content (AvgIpc) is 3.17. The first-order valence-corrected chi connectivity index (χ1v) is 19.6. The quantitative estimate of drug-likeness (QED) is 0.0571. The van der Waals surface area contributed by atoms with Crippen LogP contribution in [0.1, 0.15) is 60.5 Å². The Morgan fingerprint density at radius 1 is 1.04 bits per heavy atom. The fourth-order valence-corrected chi connectivity index (χ4v) is 12.7. The lowest BCUT2D eigenvalue weighted by Gasteiger charge is -2.38. The highest BCUT2D eigenvalue weighted by Crippen LogP contribution is 2.44. The van der Waals surface area contributed by atoms with Gasteiger partial charge in [0.25, 0.3) is 0 Å². The van der Waals surface area contributed by atoms with Crippen molar-refractivity contribution in [1.29, 1.82) is 0 Å². The van der Waals surface area contributed by atoms with Crippen LogP contribution < -0.4 is 14.4 Å². The van der Waals surface area contributed by atoms with E-state index in [9.17, 15) is 0 Å². The van der Waals surface area contributed by atoms with Crippen LogP contribution in [0.5, 0.6) is 11.6 Å². The second-order valence-electron chi connectivity index (χ2n) is 13.0. The van der Waals surface area contributed by atoms with Crippen molar-refractivity contribution in [2.75, 3.05) is 38.7 Å². The number of likely N-dealkylation sites (N-methyl/N-ethyl adjacent to an activating group) is 1. The summed E-state index contributed by atoms with van der Waals surface area (Å²) in [7, 11) is 1.21. The van der Waals surface area contributed by atoms with E-state index in [4.69, 9.17) is 24.2 Å². The minimum absolute atomic E-state index is 0.00148. The molecule has 4 aromatic rings. The average molecular weight is 679 g/mol. The van der Waals surface area contributed by atoms with Crippen molar-refractivity contribution in [3.63, 3.8) is 0 Å². The molecule has 47 heavy (non-hydrogen) atoms. The van der Waals surface area contributed by atoms with E-state index in [1.54, 1.807) is 18.2 Å². The number of hydrogen-bond donors (Lipinski definition) is 0. The van der Waals surface area contributed by atoms with E-state index in [1.807, 2.05) is 18.2 Å². The molecule has 0 radical (unpaired) electrons. The minimum atomic E-state index is -2.24. The smallest absolute Gasteiger partial charge is 0.227 e. The van der Waals surface area contributed by atoms with Gasteiger partial charge >= 0.3 is 0 Å². The molecule has 2 aromatic heterocycles. The zero-order valence-electron chi connectivity index (χ0n) is 28.9. The third-order valence-electron chi connectivity index (χ3n) is 9.57. The zero-order valence-corrected chi connectivity index (χ0v) is 30.7. The maximum Gasteiger partial charge on any atom is 0.227 e. The van der Waals surface area contributed by atoms with Gasteiger partial charge in [-0.3, -0.25) is 0 Å². The van der Waals surface area contributed by atoms with E-state index in [0.717, 1.165) is 6.42 Å². The highest BCUT2D eigenvalue weighted by Gasteiger charge is 2.42. The summed E-state index contributed by atoms with van der Waals surface area (Å²) in [4.78, 5) is 16.2. The van der Waals surface area contributed by atoms with Crippen LogP contribution >= 0.6 is 11.8 Å². The normalized spacial score (nSPS) is 15.0. The first-order valence-electron chi connectivity index (χ1n) is 16.1. The SMILES string of the molecule is CC[C@H]1COc2nc(-c3cc(OCOC)cc4ccc(F)c(C#C[Si](C(C)C)(C(C)C)C(C)C)c34)c(F)c3nc(SC)nc(c23)N1C. The molecule has 2 aromatic carbocycles. The van der Waals surface area contributed by atoms with Gasteiger partial charge in [-0.1, -0.05) is 72.2 Å². The standard InChI is InChI=1S/C36H44F2N4O3SSi/c1-11-24-18-44-35-30-33(40-36(46-10)41-34(30)42(24)8)31(38)32(39-35)27-17-25(45-19-43-9)16-23-12-13-28(37)26(29(23)27)14-15-47(20(2)3,21(4)5)22(6)7/h12-13,16-17,20-22,24H,11,18-19H2,1-10H3/t24-/m0/s1. The lowest BCUT2D eigenvalue weighted by Crippen LogP contribution is -2.43. The van der Waals surface area contributed by atoms with Crippen LogP contribution in [0, 0.1) is 23.1 Å². The minimum Gasteiger partial charge on any atom is -0.475 e. The first kappa shape index (κ1) is 34.9. The van der Waals surface area contributed by atoms with Crippen LogP contribution in [0.15, 0.2) is 29.4 Å². The molecule has 0 fully saturated rings. The molecule has 0 amide bonds. The van der Waals surface area contributed by atoms with Crippen molar-refractivity contribution in [2.45, 2.75) is 82.7 Å². The predicted octanol–water partition coefficient (Wildman–Crippen LogP) is 9.00. The molecule has 0 aliphatic carbocycles. The van der Waals surface area contributed by atoms with Crippen LogP contribution in [0.25, 0.3) is 32.9 Å². The Balaban J connectivity index is 1.89. The lowest BCUT2D eigenvalue weighted by molar-refractivity contribution is 0.0512. The number of rotatable bonds is 9. The molecular formula is C36H44F2N4O3SSi. The molecule has 5 rings (SSSR count). The Labute approximate surface area is 281 Å². The number of thioether (sulfide) groups is 1. The maximum atomic E-state index is 17.0. The van der Waals surface area contributed by atoms with Gasteiger partial charge in [0.15, 0.2) is 17.8 Å². The Morgan fingerprint density at radius 3 is 2.36 bits per heavy atom. The van der Waals surface area contributed by atoms with E-state index < -0.39 is 19.7 Å². The van der Waals surface area contributed by atoms with Crippen molar-refractivity contribution in [3.05, 3.63) is 41.5 Å². The van der Waals surface area contributed by atoms with E-state index in [0.29, 0.717) is 61.7 Å². The molecule has 0 saturated heterocycles.